The number of hydrogen-bond acceptors (Lipinski definition) is 4. The number of carbonyl (C=O) groups excluding carboxylic acids is 1. The number of rotatable bonds is 7. The summed E-state index contributed by atoms with van der Waals surface area (Å²) in [6.07, 6.45) is 1.52. The molecular weight excluding hydrogens is 230 g/mol. The van der Waals surface area contributed by atoms with Crippen molar-refractivity contribution in [2.45, 2.75) is 25.8 Å². The molecule has 0 bridgehead atoms. The Morgan fingerprint density at radius 1 is 1.39 bits per heavy atom. The Labute approximate surface area is 108 Å². The first-order valence-corrected chi connectivity index (χ1v) is 6.18. The van der Waals surface area contributed by atoms with Crippen LogP contribution in [0.5, 0.6) is 5.75 Å². The van der Waals surface area contributed by atoms with Gasteiger partial charge in [0.2, 0.25) is 0 Å². The lowest BCUT2D eigenvalue weighted by atomic mass is 10.1. The summed E-state index contributed by atoms with van der Waals surface area (Å²) in [5.74, 6) is 0.629. The molecule has 0 spiro atoms. The zero-order chi connectivity index (χ0) is 13.4. The third-order valence-electron chi connectivity index (χ3n) is 2.85. The van der Waals surface area contributed by atoms with Crippen LogP contribution < -0.4 is 10.1 Å². The molecule has 1 atom stereocenters. The van der Waals surface area contributed by atoms with Gasteiger partial charge in [0.1, 0.15) is 11.8 Å². The van der Waals surface area contributed by atoms with Crippen molar-refractivity contribution in [1.29, 1.82) is 0 Å². The third kappa shape index (κ3) is 4.04. The molecule has 0 aliphatic rings. The molecule has 0 amide bonds. The molecule has 100 valence electrons. The molecule has 1 rings (SSSR count). The lowest BCUT2D eigenvalue weighted by Crippen LogP contribution is -2.36. The zero-order valence-electron chi connectivity index (χ0n) is 11.2. The topological polar surface area (TPSA) is 47.6 Å². The predicted octanol–water partition coefficient (Wildman–Crippen LogP) is 1.78. The molecular formula is C14H21NO3. The van der Waals surface area contributed by atoms with Crippen LogP contribution in [-0.4, -0.2) is 32.8 Å². The number of ether oxygens (including phenoxy) is 2. The van der Waals surface area contributed by atoms with Crippen LogP contribution in [0.25, 0.3) is 0 Å². The Bertz CT molecular complexity index is 379. The molecule has 1 aromatic rings. The molecule has 0 saturated carbocycles. The van der Waals surface area contributed by atoms with Crippen LogP contribution in [0.4, 0.5) is 0 Å². The number of nitrogens with one attached hydrogen (secondary N) is 1. The monoisotopic (exact) mass is 251 g/mol. The van der Waals surface area contributed by atoms with Gasteiger partial charge in [-0.3, -0.25) is 4.79 Å². The van der Waals surface area contributed by atoms with Gasteiger partial charge in [-0.05, 0) is 25.1 Å². The van der Waals surface area contributed by atoms with Gasteiger partial charge in [-0.15, -0.1) is 0 Å². The maximum atomic E-state index is 11.4. The molecule has 4 heteroatoms. The maximum absolute atomic E-state index is 11.4. The molecule has 1 unspecified atom stereocenters. The van der Waals surface area contributed by atoms with Crippen molar-refractivity contribution in [2.75, 3.05) is 20.8 Å². The summed E-state index contributed by atoms with van der Waals surface area (Å²) in [6.45, 7) is 2.57. The lowest BCUT2D eigenvalue weighted by Gasteiger charge is -2.15. The van der Waals surface area contributed by atoms with Gasteiger partial charge >= 0.3 is 5.97 Å². The van der Waals surface area contributed by atoms with Crippen LogP contribution in [0, 0.1) is 0 Å². The number of para-hydroxylation sites is 1. The minimum atomic E-state index is -0.316. The van der Waals surface area contributed by atoms with Gasteiger partial charge in [0, 0.05) is 6.42 Å². The van der Waals surface area contributed by atoms with Gasteiger partial charge in [0.25, 0.3) is 0 Å². The van der Waals surface area contributed by atoms with Crippen molar-refractivity contribution >= 4 is 5.97 Å². The van der Waals surface area contributed by atoms with Gasteiger partial charge in [0.05, 0.1) is 13.7 Å². The fourth-order valence-corrected chi connectivity index (χ4v) is 1.75. The highest BCUT2D eigenvalue weighted by Gasteiger charge is 2.16. The number of methoxy groups -OCH3 is 1. The molecule has 0 heterocycles. The van der Waals surface area contributed by atoms with E-state index in [0.29, 0.717) is 13.0 Å². The summed E-state index contributed by atoms with van der Waals surface area (Å²) in [5, 5.41) is 2.91. The van der Waals surface area contributed by atoms with E-state index in [1.807, 2.05) is 24.3 Å². The maximum Gasteiger partial charge on any atom is 0.322 e. The average molecular weight is 251 g/mol. The van der Waals surface area contributed by atoms with Crippen molar-refractivity contribution in [3.8, 4) is 5.75 Å². The van der Waals surface area contributed by atoms with E-state index in [1.54, 1.807) is 7.05 Å². The molecule has 0 radical (unpaired) electrons. The molecule has 18 heavy (non-hydrogen) atoms. The van der Waals surface area contributed by atoms with E-state index < -0.39 is 0 Å². The zero-order valence-corrected chi connectivity index (χ0v) is 11.2. The summed E-state index contributed by atoms with van der Waals surface area (Å²) < 4.78 is 10.4. The molecule has 0 aliphatic heterocycles. The molecule has 4 nitrogen and oxygen atoms in total. The van der Waals surface area contributed by atoms with Gasteiger partial charge in [-0.1, -0.05) is 25.1 Å². The summed E-state index contributed by atoms with van der Waals surface area (Å²) in [5.41, 5.74) is 1.18. The van der Waals surface area contributed by atoms with E-state index in [9.17, 15) is 4.79 Å². The Hall–Kier alpha value is -1.55. The molecule has 1 N–H and O–H groups in total. The number of esters is 1. The van der Waals surface area contributed by atoms with Gasteiger partial charge in [-0.25, -0.2) is 0 Å². The quantitative estimate of drug-likeness (QED) is 0.750. The second-order valence-corrected chi connectivity index (χ2v) is 3.96. The van der Waals surface area contributed by atoms with Crippen LogP contribution in [0.15, 0.2) is 24.3 Å². The van der Waals surface area contributed by atoms with E-state index in [-0.39, 0.29) is 12.0 Å². The second kappa shape index (κ2) is 7.71. The van der Waals surface area contributed by atoms with Crippen LogP contribution >= 0.6 is 0 Å². The van der Waals surface area contributed by atoms with Crippen LogP contribution in [0.3, 0.4) is 0 Å². The van der Waals surface area contributed by atoms with E-state index in [1.165, 1.54) is 12.7 Å². The number of aryl methyl sites for hydroxylation is 1. The Kier molecular flexibility index (Phi) is 6.22. The van der Waals surface area contributed by atoms with Crippen molar-refractivity contribution < 1.29 is 14.3 Å². The van der Waals surface area contributed by atoms with Crippen molar-refractivity contribution in [3.05, 3.63) is 29.8 Å². The highest BCUT2D eigenvalue weighted by atomic mass is 16.5. The first kappa shape index (κ1) is 14.5. The smallest absolute Gasteiger partial charge is 0.322 e. The van der Waals surface area contributed by atoms with Crippen LogP contribution in [0.1, 0.15) is 18.9 Å². The molecule has 0 aliphatic carbocycles. The van der Waals surface area contributed by atoms with E-state index in [2.05, 4.69) is 12.2 Å². The molecule has 1 aromatic carbocycles. The average Bonchev–Trinajstić information content (AvgIpc) is 2.43. The minimum absolute atomic E-state index is 0.259. The summed E-state index contributed by atoms with van der Waals surface area (Å²) >= 11 is 0. The number of carbonyl (C=O) groups is 1. The highest BCUT2D eigenvalue weighted by Crippen LogP contribution is 2.18. The number of likely N-dealkylation sites (N-methyl/N-ethyl adjacent to an activating group) is 1. The molecule has 0 fully saturated rings. The van der Waals surface area contributed by atoms with Gasteiger partial charge < -0.3 is 14.8 Å². The summed E-state index contributed by atoms with van der Waals surface area (Å²) in [7, 11) is 3.13. The van der Waals surface area contributed by atoms with Crippen molar-refractivity contribution in [2.24, 2.45) is 0 Å². The first-order valence-electron chi connectivity index (χ1n) is 6.18. The van der Waals surface area contributed by atoms with E-state index in [4.69, 9.17) is 9.47 Å². The fourth-order valence-electron chi connectivity index (χ4n) is 1.75. The lowest BCUT2D eigenvalue weighted by molar-refractivity contribution is -0.143. The Balaban J connectivity index is 2.47. The van der Waals surface area contributed by atoms with Gasteiger partial charge in [-0.2, -0.15) is 0 Å². The first-order chi connectivity index (χ1) is 8.72. The Morgan fingerprint density at radius 3 is 2.72 bits per heavy atom. The summed E-state index contributed by atoms with van der Waals surface area (Å²) in [4.78, 5) is 11.4. The largest absolute Gasteiger partial charge is 0.493 e. The minimum Gasteiger partial charge on any atom is -0.493 e. The normalized spacial score (nSPS) is 11.9. The Morgan fingerprint density at radius 2 is 2.11 bits per heavy atom. The standard InChI is InChI=1S/C14H21NO3/c1-4-11-7-5-6-8-13(11)18-10-9-12(15-2)14(16)17-3/h5-8,12,15H,4,9-10H2,1-3H3. The predicted molar refractivity (Wildman–Crippen MR) is 70.8 cm³/mol. The summed E-state index contributed by atoms with van der Waals surface area (Å²) in [6, 6.07) is 7.63. The van der Waals surface area contributed by atoms with Crippen molar-refractivity contribution in [3.63, 3.8) is 0 Å². The SMILES string of the molecule is CCc1ccccc1OCCC(NC)C(=O)OC. The molecule has 0 aromatic heterocycles. The number of benzene rings is 1. The third-order valence-corrected chi connectivity index (χ3v) is 2.85. The highest BCUT2D eigenvalue weighted by molar-refractivity contribution is 5.75. The number of hydrogen-bond donors (Lipinski definition) is 1. The van der Waals surface area contributed by atoms with Gasteiger partial charge in [0.15, 0.2) is 0 Å². The van der Waals surface area contributed by atoms with E-state index in [0.717, 1.165) is 12.2 Å². The van der Waals surface area contributed by atoms with E-state index >= 15 is 0 Å². The second-order valence-electron chi connectivity index (χ2n) is 3.96. The molecule has 0 saturated heterocycles. The van der Waals surface area contributed by atoms with Crippen LogP contribution in [0.2, 0.25) is 0 Å². The van der Waals surface area contributed by atoms with Crippen molar-refractivity contribution in [1.82, 2.24) is 5.32 Å². The fraction of sp³-hybridized carbons (Fsp3) is 0.500. The van der Waals surface area contributed by atoms with Crippen LogP contribution in [-0.2, 0) is 16.0 Å².